The molecule has 0 fully saturated rings. The van der Waals surface area contributed by atoms with Crippen LogP contribution in [0.2, 0.25) is 0 Å². The largest absolute Gasteiger partial charge is 0.347 e. The maximum atomic E-state index is 12.2. The van der Waals surface area contributed by atoms with Crippen molar-refractivity contribution in [1.29, 1.82) is 0 Å². The van der Waals surface area contributed by atoms with Crippen molar-refractivity contribution in [2.45, 2.75) is 25.4 Å². The molecule has 3 rings (SSSR count). The first-order chi connectivity index (χ1) is 11.0. The van der Waals surface area contributed by atoms with Crippen molar-refractivity contribution in [3.63, 3.8) is 0 Å². The van der Waals surface area contributed by atoms with Crippen LogP contribution in [0.5, 0.6) is 0 Å². The van der Waals surface area contributed by atoms with Gasteiger partial charge in [-0.15, -0.1) is 0 Å². The summed E-state index contributed by atoms with van der Waals surface area (Å²) < 4.78 is 3.29. The standard InChI is InChI=1S/C15H18BrN5O2/c1-3-7-17-10-4-5-11(13-12(10)9(16)6-8-18-13)21-15(23)20(2)14(22)19-21/h4-6,8,10-11,17H,3,7H2,1-2H3,(H,19,22)/t10-,11+/m1/s1. The number of H-pyrrole nitrogens is 1. The number of nitrogens with zero attached hydrogens (tertiary/aromatic N) is 3. The molecule has 2 aromatic rings. The molecule has 122 valence electrons. The molecule has 0 radical (unpaired) electrons. The van der Waals surface area contributed by atoms with Crippen molar-refractivity contribution in [2.24, 2.45) is 7.05 Å². The van der Waals surface area contributed by atoms with Gasteiger partial charge in [0.25, 0.3) is 0 Å². The summed E-state index contributed by atoms with van der Waals surface area (Å²) in [5.74, 6) is 0. The SMILES string of the molecule is CCCN[C@@H]1C=C[C@H](n2[nH]c(=O)n(C)c2=O)c2nccc(Br)c21. The molecule has 0 saturated heterocycles. The number of fused-ring (bicyclic) bond motifs is 1. The zero-order valence-electron chi connectivity index (χ0n) is 12.9. The van der Waals surface area contributed by atoms with Gasteiger partial charge in [-0.05, 0) is 19.0 Å². The van der Waals surface area contributed by atoms with E-state index in [1.807, 2.05) is 18.2 Å². The summed E-state index contributed by atoms with van der Waals surface area (Å²) in [6.07, 6.45) is 6.61. The van der Waals surface area contributed by atoms with E-state index in [4.69, 9.17) is 0 Å². The van der Waals surface area contributed by atoms with Crippen LogP contribution in [-0.4, -0.2) is 25.9 Å². The topological polar surface area (TPSA) is 84.7 Å². The molecule has 0 aliphatic heterocycles. The highest BCUT2D eigenvalue weighted by Gasteiger charge is 2.28. The lowest BCUT2D eigenvalue weighted by atomic mass is 9.94. The Bertz CT molecular complexity index is 863. The summed E-state index contributed by atoms with van der Waals surface area (Å²) in [7, 11) is 1.45. The van der Waals surface area contributed by atoms with Gasteiger partial charge in [-0.25, -0.2) is 23.9 Å². The third kappa shape index (κ3) is 2.72. The fourth-order valence-electron chi connectivity index (χ4n) is 2.75. The van der Waals surface area contributed by atoms with Crippen LogP contribution in [0, 0.1) is 0 Å². The van der Waals surface area contributed by atoms with E-state index in [-0.39, 0.29) is 6.04 Å². The van der Waals surface area contributed by atoms with E-state index in [0.29, 0.717) is 0 Å². The molecule has 7 nitrogen and oxygen atoms in total. The van der Waals surface area contributed by atoms with Crippen LogP contribution in [0.15, 0.2) is 38.5 Å². The summed E-state index contributed by atoms with van der Waals surface area (Å²) in [4.78, 5) is 28.4. The van der Waals surface area contributed by atoms with Crippen molar-refractivity contribution in [3.8, 4) is 0 Å². The molecule has 2 N–H and O–H groups in total. The quantitative estimate of drug-likeness (QED) is 0.782. The summed E-state index contributed by atoms with van der Waals surface area (Å²) in [5.41, 5.74) is 0.910. The first kappa shape index (κ1) is 15.9. The number of pyridine rings is 1. The Morgan fingerprint density at radius 3 is 2.83 bits per heavy atom. The van der Waals surface area contributed by atoms with E-state index in [0.717, 1.165) is 33.3 Å². The van der Waals surface area contributed by atoms with E-state index in [1.54, 1.807) is 6.20 Å². The summed E-state index contributed by atoms with van der Waals surface area (Å²) in [6.45, 7) is 2.98. The van der Waals surface area contributed by atoms with Crippen molar-refractivity contribution in [1.82, 2.24) is 24.6 Å². The number of halogens is 1. The minimum absolute atomic E-state index is 0.0235. The van der Waals surface area contributed by atoms with Crippen LogP contribution in [0.25, 0.3) is 0 Å². The van der Waals surface area contributed by atoms with Gasteiger partial charge in [0, 0.05) is 23.3 Å². The molecule has 0 unspecified atom stereocenters. The van der Waals surface area contributed by atoms with Crippen LogP contribution in [0.1, 0.15) is 36.7 Å². The van der Waals surface area contributed by atoms with Gasteiger partial charge < -0.3 is 5.32 Å². The Morgan fingerprint density at radius 2 is 2.17 bits per heavy atom. The molecule has 1 aliphatic rings. The van der Waals surface area contributed by atoms with E-state index in [1.165, 1.54) is 11.7 Å². The normalized spacial score (nSPS) is 19.8. The number of hydrogen-bond donors (Lipinski definition) is 2. The number of allylic oxidation sites excluding steroid dienone is 1. The molecule has 0 amide bonds. The fraction of sp³-hybridized carbons (Fsp3) is 0.400. The molecular weight excluding hydrogens is 362 g/mol. The van der Waals surface area contributed by atoms with Crippen LogP contribution in [0.4, 0.5) is 0 Å². The van der Waals surface area contributed by atoms with Crippen LogP contribution >= 0.6 is 15.9 Å². The number of nitrogens with one attached hydrogen (secondary N) is 2. The average molecular weight is 380 g/mol. The molecule has 2 atom stereocenters. The average Bonchev–Trinajstić information content (AvgIpc) is 2.80. The van der Waals surface area contributed by atoms with Crippen molar-refractivity contribution >= 4 is 15.9 Å². The molecule has 2 heterocycles. The number of aromatic amines is 1. The summed E-state index contributed by atoms with van der Waals surface area (Å²) in [5, 5.41) is 6.04. The molecule has 1 aliphatic carbocycles. The minimum atomic E-state index is -0.439. The highest BCUT2D eigenvalue weighted by Crippen LogP contribution is 2.35. The maximum absolute atomic E-state index is 12.2. The zero-order chi connectivity index (χ0) is 16.6. The zero-order valence-corrected chi connectivity index (χ0v) is 14.5. The molecule has 0 aromatic carbocycles. The molecule has 0 saturated carbocycles. The van der Waals surface area contributed by atoms with E-state index < -0.39 is 17.4 Å². The van der Waals surface area contributed by atoms with Gasteiger partial charge in [0.15, 0.2) is 0 Å². The molecule has 2 aromatic heterocycles. The Hall–Kier alpha value is -1.93. The van der Waals surface area contributed by atoms with Gasteiger partial charge >= 0.3 is 11.4 Å². The summed E-state index contributed by atoms with van der Waals surface area (Å²) >= 11 is 3.57. The highest BCUT2D eigenvalue weighted by atomic mass is 79.9. The van der Waals surface area contributed by atoms with Gasteiger partial charge in [-0.2, -0.15) is 0 Å². The lowest BCUT2D eigenvalue weighted by molar-refractivity contribution is 0.523. The molecule has 0 bridgehead atoms. The third-order valence-corrected chi connectivity index (χ3v) is 4.64. The van der Waals surface area contributed by atoms with Crippen LogP contribution in [-0.2, 0) is 7.05 Å². The molecular formula is C15H18BrN5O2. The van der Waals surface area contributed by atoms with Gasteiger partial charge in [-0.3, -0.25) is 4.98 Å². The Balaban J connectivity index is 2.12. The van der Waals surface area contributed by atoms with Crippen molar-refractivity contribution in [2.75, 3.05) is 6.54 Å². The number of hydrogen-bond acceptors (Lipinski definition) is 4. The van der Waals surface area contributed by atoms with Gasteiger partial charge in [-0.1, -0.05) is 35.0 Å². The molecule has 0 spiro atoms. The van der Waals surface area contributed by atoms with E-state index >= 15 is 0 Å². The van der Waals surface area contributed by atoms with Crippen LogP contribution in [0.3, 0.4) is 0 Å². The Labute approximate surface area is 141 Å². The smallest absolute Gasteiger partial charge is 0.307 e. The second-order valence-electron chi connectivity index (χ2n) is 5.48. The second kappa shape index (κ2) is 6.29. The third-order valence-electron chi connectivity index (χ3n) is 3.95. The Morgan fingerprint density at radius 1 is 1.39 bits per heavy atom. The minimum Gasteiger partial charge on any atom is -0.307 e. The summed E-state index contributed by atoms with van der Waals surface area (Å²) in [6, 6.07) is 1.48. The van der Waals surface area contributed by atoms with E-state index in [9.17, 15) is 9.59 Å². The van der Waals surface area contributed by atoms with Crippen molar-refractivity contribution < 1.29 is 0 Å². The van der Waals surface area contributed by atoms with Gasteiger partial charge in [0.05, 0.1) is 11.7 Å². The van der Waals surface area contributed by atoms with Crippen molar-refractivity contribution in [3.05, 3.63) is 61.1 Å². The number of rotatable bonds is 4. The molecule has 8 heteroatoms. The van der Waals surface area contributed by atoms with Gasteiger partial charge in [0.1, 0.15) is 6.04 Å². The predicted octanol–water partition coefficient (Wildman–Crippen LogP) is 1.23. The number of aromatic nitrogens is 4. The fourth-order valence-corrected chi connectivity index (χ4v) is 3.32. The first-order valence-electron chi connectivity index (χ1n) is 7.48. The lowest BCUT2D eigenvalue weighted by Gasteiger charge is -2.27. The van der Waals surface area contributed by atoms with Gasteiger partial charge in [0.2, 0.25) is 0 Å². The maximum Gasteiger partial charge on any atom is 0.347 e. The Kier molecular flexibility index (Phi) is 4.36. The molecule has 23 heavy (non-hydrogen) atoms. The van der Waals surface area contributed by atoms with E-state index in [2.05, 4.69) is 38.3 Å². The monoisotopic (exact) mass is 379 g/mol. The second-order valence-corrected chi connectivity index (χ2v) is 6.34. The first-order valence-corrected chi connectivity index (χ1v) is 8.27. The highest BCUT2D eigenvalue weighted by molar-refractivity contribution is 9.10. The lowest BCUT2D eigenvalue weighted by Crippen LogP contribution is -2.32. The predicted molar refractivity (Wildman–Crippen MR) is 90.5 cm³/mol. The van der Waals surface area contributed by atoms with Crippen LogP contribution < -0.4 is 16.7 Å².